The Morgan fingerprint density at radius 2 is 1.83 bits per heavy atom. The number of rotatable bonds is 3. The van der Waals surface area contributed by atoms with Crippen molar-refractivity contribution in [3.05, 3.63) is 51.3 Å². The van der Waals surface area contributed by atoms with Crippen LogP contribution in [0.1, 0.15) is 27.0 Å². The van der Waals surface area contributed by atoms with E-state index in [9.17, 15) is 9.59 Å². The number of ketones is 1. The fraction of sp³-hybridized carbons (Fsp3) is 0.227. The summed E-state index contributed by atoms with van der Waals surface area (Å²) in [6.07, 6.45) is 3.68. The molecule has 0 spiro atoms. The summed E-state index contributed by atoms with van der Waals surface area (Å²) in [6, 6.07) is 8.70. The lowest BCUT2D eigenvalue weighted by molar-refractivity contribution is -0.0892. The molecule has 5 rings (SSSR count). The highest BCUT2D eigenvalue weighted by molar-refractivity contribution is 7.21. The molecule has 2 atom stereocenters. The molecule has 30 heavy (non-hydrogen) atoms. The van der Waals surface area contributed by atoms with Crippen LogP contribution in [0, 0.1) is 0 Å². The van der Waals surface area contributed by atoms with Crippen LogP contribution >= 0.6 is 11.3 Å². The van der Waals surface area contributed by atoms with Crippen molar-refractivity contribution in [2.75, 3.05) is 24.3 Å². The quantitative estimate of drug-likeness (QED) is 0.624. The highest BCUT2D eigenvalue weighted by Gasteiger charge is 2.26. The zero-order valence-electron chi connectivity index (χ0n) is 16.2. The summed E-state index contributed by atoms with van der Waals surface area (Å²) >= 11 is 1.25. The number of fused-ring (bicyclic) bond motifs is 3. The molecule has 1 aromatic carbocycles. The lowest BCUT2D eigenvalue weighted by Crippen LogP contribution is -2.45. The smallest absolute Gasteiger partial charge is 0.267 e. The van der Waals surface area contributed by atoms with E-state index >= 15 is 0 Å². The predicted molar refractivity (Wildman–Crippen MR) is 116 cm³/mol. The summed E-state index contributed by atoms with van der Waals surface area (Å²) in [5.74, 6) is -0.335. The van der Waals surface area contributed by atoms with Crippen LogP contribution in [-0.4, -0.2) is 42.1 Å². The van der Waals surface area contributed by atoms with E-state index in [-0.39, 0.29) is 23.9 Å². The third kappa shape index (κ3) is 3.28. The van der Waals surface area contributed by atoms with E-state index in [1.807, 2.05) is 18.2 Å². The third-order valence-electron chi connectivity index (χ3n) is 5.23. The second-order valence-corrected chi connectivity index (χ2v) is 8.25. The second kappa shape index (κ2) is 7.32. The topological polar surface area (TPSA) is 104 Å². The van der Waals surface area contributed by atoms with Gasteiger partial charge in [-0.3, -0.25) is 9.59 Å². The van der Waals surface area contributed by atoms with Gasteiger partial charge in [-0.2, -0.15) is 0 Å². The number of Topliss-reactive ketones (excluding diaryl/α,β-unsaturated/α-hetero) is 1. The van der Waals surface area contributed by atoms with E-state index in [0.717, 1.165) is 16.0 Å². The summed E-state index contributed by atoms with van der Waals surface area (Å²) in [5, 5.41) is 5.31. The average molecular weight is 421 g/mol. The molecular formula is C22H19N3O4S. The highest BCUT2D eigenvalue weighted by atomic mass is 32.1. The molecule has 0 bridgehead atoms. The molecule has 1 fully saturated rings. The zero-order valence-corrected chi connectivity index (χ0v) is 17.0. The maximum absolute atomic E-state index is 12.8. The Labute approximate surface area is 175 Å². The van der Waals surface area contributed by atoms with Crippen molar-refractivity contribution in [2.45, 2.75) is 19.1 Å². The number of carbonyl (C=O) groups excluding carboxylic acids is 2. The molecule has 1 aliphatic heterocycles. The highest BCUT2D eigenvalue weighted by Crippen LogP contribution is 2.31. The Morgan fingerprint density at radius 3 is 2.53 bits per heavy atom. The Balaban J connectivity index is 1.49. The minimum Gasteiger partial charge on any atom is -0.397 e. The number of ether oxygens (including phenoxy) is 2. The van der Waals surface area contributed by atoms with Gasteiger partial charge in [-0.05, 0) is 54.6 Å². The zero-order chi connectivity index (χ0) is 20.8. The number of pyridine rings is 1. The molecule has 7 nitrogen and oxygen atoms in total. The van der Waals surface area contributed by atoms with Gasteiger partial charge in [0.05, 0.1) is 24.3 Å². The molecule has 1 aliphatic carbocycles. The van der Waals surface area contributed by atoms with E-state index in [1.54, 1.807) is 24.3 Å². The van der Waals surface area contributed by atoms with Gasteiger partial charge in [0, 0.05) is 16.6 Å². The normalized spacial score (nSPS) is 19.9. The summed E-state index contributed by atoms with van der Waals surface area (Å²) in [5.41, 5.74) is 7.89. The van der Waals surface area contributed by atoms with Crippen molar-refractivity contribution >= 4 is 56.8 Å². The van der Waals surface area contributed by atoms with E-state index in [1.165, 1.54) is 18.3 Å². The number of nitrogens with one attached hydrogen (secondary N) is 1. The summed E-state index contributed by atoms with van der Waals surface area (Å²) in [7, 11) is 0. The number of carbonyl (C=O) groups is 2. The van der Waals surface area contributed by atoms with Crippen molar-refractivity contribution in [2.24, 2.45) is 0 Å². The molecule has 2 aromatic heterocycles. The lowest BCUT2D eigenvalue weighted by Gasteiger charge is -2.29. The Bertz CT molecular complexity index is 1300. The molecule has 2 unspecified atom stereocenters. The van der Waals surface area contributed by atoms with Crippen LogP contribution in [0.2, 0.25) is 0 Å². The first-order valence-corrected chi connectivity index (χ1v) is 10.4. The number of aromatic nitrogens is 1. The van der Waals surface area contributed by atoms with Crippen LogP contribution in [0.4, 0.5) is 11.4 Å². The molecule has 152 valence electrons. The summed E-state index contributed by atoms with van der Waals surface area (Å²) in [6.45, 7) is 2.63. The third-order valence-corrected chi connectivity index (χ3v) is 6.34. The summed E-state index contributed by atoms with van der Waals surface area (Å²) in [4.78, 5) is 30.0. The van der Waals surface area contributed by atoms with Crippen molar-refractivity contribution in [3.8, 4) is 0 Å². The lowest BCUT2D eigenvalue weighted by atomic mass is 10.0. The van der Waals surface area contributed by atoms with E-state index in [0.29, 0.717) is 39.9 Å². The van der Waals surface area contributed by atoms with Gasteiger partial charge < -0.3 is 20.5 Å². The van der Waals surface area contributed by atoms with E-state index in [2.05, 4.69) is 5.32 Å². The van der Waals surface area contributed by atoms with Crippen LogP contribution in [0.25, 0.3) is 22.4 Å². The van der Waals surface area contributed by atoms with Gasteiger partial charge in [0.1, 0.15) is 21.9 Å². The van der Waals surface area contributed by atoms with Crippen molar-refractivity contribution in [1.82, 2.24) is 4.98 Å². The first-order valence-electron chi connectivity index (χ1n) is 9.58. The van der Waals surface area contributed by atoms with E-state index < -0.39 is 0 Å². The maximum Gasteiger partial charge on any atom is 0.267 e. The molecule has 2 aliphatic rings. The van der Waals surface area contributed by atoms with Gasteiger partial charge in [0.15, 0.2) is 5.78 Å². The monoisotopic (exact) mass is 421 g/mol. The van der Waals surface area contributed by atoms with Crippen molar-refractivity contribution < 1.29 is 19.1 Å². The average Bonchev–Trinajstić information content (AvgIpc) is 3.06. The number of benzene rings is 1. The van der Waals surface area contributed by atoms with E-state index in [4.69, 9.17) is 20.2 Å². The number of nitrogen functional groups attached to an aromatic ring is 1. The van der Waals surface area contributed by atoms with Gasteiger partial charge in [-0.15, -0.1) is 11.3 Å². The van der Waals surface area contributed by atoms with Crippen LogP contribution in [0.15, 0.2) is 30.3 Å². The van der Waals surface area contributed by atoms with Crippen LogP contribution in [0.3, 0.4) is 0 Å². The van der Waals surface area contributed by atoms with Gasteiger partial charge >= 0.3 is 0 Å². The molecule has 0 saturated carbocycles. The SMILES string of the molecule is CC(=O)c1ccc(NC(=O)c2sc3nc4c(cc3c2N)=CC2OCCOC2C=4)cc1. The van der Waals surface area contributed by atoms with Crippen LogP contribution in [0.5, 0.6) is 0 Å². The van der Waals surface area contributed by atoms with Crippen LogP contribution < -0.4 is 21.6 Å². The van der Waals surface area contributed by atoms with Gasteiger partial charge in [0.25, 0.3) is 5.91 Å². The number of thiophene rings is 1. The molecule has 3 aromatic rings. The number of amides is 1. The Morgan fingerprint density at radius 1 is 1.13 bits per heavy atom. The molecule has 3 N–H and O–H groups in total. The molecule has 1 saturated heterocycles. The Kier molecular flexibility index (Phi) is 4.62. The van der Waals surface area contributed by atoms with Crippen molar-refractivity contribution in [3.63, 3.8) is 0 Å². The van der Waals surface area contributed by atoms with Gasteiger partial charge in [-0.25, -0.2) is 4.98 Å². The predicted octanol–water partition coefficient (Wildman–Crippen LogP) is 1.69. The molecule has 0 radical (unpaired) electrons. The first kappa shape index (κ1) is 18.9. The number of hydrogen-bond donors (Lipinski definition) is 2. The Hall–Kier alpha value is -3.07. The second-order valence-electron chi connectivity index (χ2n) is 7.25. The largest absolute Gasteiger partial charge is 0.397 e. The minimum absolute atomic E-state index is 0.0269. The number of nitrogens with two attached hydrogens (primary N) is 1. The molecule has 8 heteroatoms. The number of nitrogens with zero attached hydrogens (tertiary/aromatic N) is 1. The standard InChI is InChI=1S/C22H19N3O4S/c1-11(26)12-2-4-14(5-3-12)24-21(27)20-19(23)15-8-13-9-17-18(29-7-6-28-17)10-16(13)25-22(15)30-20/h2-5,8-10,17-18H,6-7,23H2,1H3,(H,24,27). The fourth-order valence-electron chi connectivity index (χ4n) is 3.66. The van der Waals surface area contributed by atoms with Gasteiger partial charge in [0.2, 0.25) is 0 Å². The fourth-order valence-corrected chi connectivity index (χ4v) is 4.64. The molecule has 1 amide bonds. The van der Waals surface area contributed by atoms with Crippen molar-refractivity contribution in [1.29, 1.82) is 0 Å². The number of anilines is 2. The van der Waals surface area contributed by atoms with Crippen LogP contribution in [-0.2, 0) is 9.47 Å². The number of hydrogen-bond acceptors (Lipinski definition) is 7. The minimum atomic E-state index is -0.308. The maximum atomic E-state index is 12.8. The molecule has 3 heterocycles. The summed E-state index contributed by atoms with van der Waals surface area (Å²) < 4.78 is 11.5. The van der Waals surface area contributed by atoms with Gasteiger partial charge in [-0.1, -0.05) is 0 Å². The molecular weight excluding hydrogens is 402 g/mol. The first-order chi connectivity index (χ1) is 14.5.